The van der Waals surface area contributed by atoms with Gasteiger partial charge in [-0.3, -0.25) is 0 Å². The average Bonchev–Trinajstić information content (AvgIpc) is 2.39. The molecule has 0 aromatic carbocycles. The average molecular weight is 270 g/mol. The van der Waals surface area contributed by atoms with Gasteiger partial charge in [-0.15, -0.1) is 0 Å². The van der Waals surface area contributed by atoms with Gasteiger partial charge in [0, 0.05) is 11.1 Å². The van der Waals surface area contributed by atoms with Gasteiger partial charge in [0.25, 0.3) is 0 Å². The van der Waals surface area contributed by atoms with E-state index >= 15 is 0 Å². The molecule has 0 saturated heterocycles. The highest BCUT2D eigenvalue weighted by atomic mass is 15.1. The smallest absolute Gasteiger partial charge is 0.0183 e. The van der Waals surface area contributed by atoms with Gasteiger partial charge in [0.15, 0.2) is 0 Å². The van der Waals surface area contributed by atoms with Gasteiger partial charge in [-0.2, -0.15) is 0 Å². The second kappa shape index (κ2) is 9.80. The van der Waals surface area contributed by atoms with Gasteiger partial charge in [0.2, 0.25) is 0 Å². The van der Waals surface area contributed by atoms with Crippen LogP contribution in [0.1, 0.15) is 106 Å². The Kier molecular flexibility index (Phi) is 9.78. The molecule has 0 aliphatic rings. The molecule has 0 rings (SSSR count). The van der Waals surface area contributed by atoms with Gasteiger partial charge >= 0.3 is 0 Å². The Morgan fingerprint density at radius 1 is 0.526 bits per heavy atom. The van der Waals surface area contributed by atoms with Crippen molar-refractivity contribution in [1.82, 2.24) is 5.32 Å². The number of rotatable bonds is 12. The SMILES string of the molecule is CCCC(CC)(CCC)NC(CC)(CCC)CCC. The van der Waals surface area contributed by atoms with Crippen LogP contribution in [0.5, 0.6) is 0 Å². The van der Waals surface area contributed by atoms with E-state index in [1.807, 2.05) is 0 Å². The highest BCUT2D eigenvalue weighted by Crippen LogP contribution is 2.32. The van der Waals surface area contributed by atoms with E-state index in [0.717, 1.165) is 0 Å². The maximum Gasteiger partial charge on any atom is 0.0183 e. The first-order chi connectivity index (χ1) is 9.07. The molecule has 0 aliphatic heterocycles. The molecule has 0 amide bonds. The lowest BCUT2D eigenvalue weighted by atomic mass is 9.78. The van der Waals surface area contributed by atoms with Gasteiger partial charge in [-0.25, -0.2) is 0 Å². The summed E-state index contributed by atoms with van der Waals surface area (Å²) in [7, 11) is 0. The minimum atomic E-state index is 0.379. The van der Waals surface area contributed by atoms with Gasteiger partial charge in [-0.05, 0) is 38.5 Å². The first-order valence-corrected chi connectivity index (χ1v) is 8.86. The van der Waals surface area contributed by atoms with E-state index in [4.69, 9.17) is 0 Å². The highest BCUT2D eigenvalue weighted by Gasteiger charge is 2.36. The molecule has 1 nitrogen and oxygen atoms in total. The number of nitrogens with one attached hydrogen (secondary N) is 1. The van der Waals surface area contributed by atoms with Crippen LogP contribution in [0.3, 0.4) is 0 Å². The Morgan fingerprint density at radius 3 is 0.947 bits per heavy atom. The zero-order valence-corrected chi connectivity index (χ0v) is 14.6. The Bertz CT molecular complexity index is 176. The largest absolute Gasteiger partial charge is 0.306 e. The number of hydrogen-bond acceptors (Lipinski definition) is 1. The van der Waals surface area contributed by atoms with Crippen LogP contribution in [0.25, 0.3) is 0 Å². The first kappa shape index (κ1) is 19.0. The van der Waals surface area contributed by atoms with Gasteiger partial charge in [-0.1, -0.05) is 67.2 Å². The van der Waals surface area contributed by atoms with Crippen LogP contribution in [0.2, 0.25) is 0 Å². The van der Waals surface area contributed by atoms with Crippen LogP contribution >= 0.6 is 0 Å². The standard InChI is InChI=1S/C18H39N/c1-7-13-17(11-5,14-8-2)19-18(12-6,15-9-3)16-10-4/h19H,7-16H2,1-6H3. The highest BCUT2D eigenvalue weighted by molar-refractivity contribution is 4.97. The molecule has 1 heteroatoms. The van der Waals surface area contributed by atoms with Crippen molar-refractivity contribution in [2.75, 3.05) is 0 Å². The van der Waals surface area contributed by atoms with Gasteiger partial charge in [0.1, 0.15) is 0 Å². The summed E-state index contributed by atoms with van der Waals surface area (Å²) >= 11 is 0. The molecule has 1 N–H and O–H groups in total. The second-order valence-electron chi connectivity index (χ2n) is 6.39. The molecule has 0 unspecified atom stereocenters. The van der Waals surface area contributed by atoms with Gasteiger partial charge in [0.05, 0.1) is 0 Å². The molecule has 0 radical (unpaired) electrons. The topological polar surface area (TPSA) is 12.0 Å². The fraction of sp³-hybridized carbons (Fsp3) is 1.00. The quantitative estimate of drug-likeness (QED) is 0.453. The molecule has 116 valence electrons. The van der Waals surface area contributed by atoms with Crippen molar-refractivity contribution in [3.05, 3.63) is 0 Å². The van der Waals surface area contributed by atoms with Crippen LogP contribution in [0.15, 0.2) is 0 Å². The first-order valence-electron chi connectivity index (χ1n) is 8.86. The lowest BCUT2D eigenvalue weighted by molar-refractivity contribution is 0.145. The summed E-state index contributed by atoms with van der Waals surface area (Å²) in [6, 6.07) is 0. The molecule has 0 atom stereocenters. The molecule has 0 spiro atoms. The zero-order chi connectivity index (χ0) is 14.8. The normalized spacial score (nSPS) is 12.9. The van der Waals surface area contributed by atoms with Crippen molar-refractivity contribution in [3.8, 4) is 0 Å². The monoisotopic (exact) mass is 269 g/mol. The summed E-state index contributed by atoms with van der Waals surface area (Å²) in [6.45, 7) is 14.1. The molecular formula is C18H39N. The van der Waals surface area contributed by atoms with Crippen LogP contribution < -0.4 is 5.32 Å². The molecule has 0 fully saturated rings. The van der Waals surface area contributed by atoms with E-state index in [1.54, 1.807) is 0 Å². The minimum Gasteiger partial charge on any atom is -0.306 e. The Labute approximate surface area is 122 Å². The summed E-state index contributed by atoms with van der Waals surface area (Å²) in [6.07, 6.45) is 13.0. The predicted molar refractivity (Wildman–Crippen MR) is 88.8 cm³/mol. The van der Waals surface area contributed by atoms with Crippen LogP contribution in [-0.2, 0) is 0 Å². The van der Waals surface area contributed by atoms with Crippen LogP contribution in [0.4, 0.5) is 0 Å². The molecule has 19 heavy (non-hydrogen) atoms. The molecular weight excluding hydrogens is 230 g/mol. The van der Waals surface area contributed by atoms with Crippen molar-refractivity contribution in [3.63, 3.8) is 0 Å². The van der Waals surface area contributed by atoms with Gasteiger partial charge < -0.3 is 5.32 Å². The lowest BCUT2D eigenvalue weighted by Crippen LogP contribution is -2.57. The summed E-state index contributed by atoms with van der Waals surface area (Å²) < 4.78 is 0. The fourth-order valence-corrected chi connectivity index (χ4v) is 3.86. The zero-order valence-electron chi connectivity index (χ0n) is 14.6. The summed E-state index contributed by atoms with van der Waals surface area (Å²) in [4.78, 5) is 0. The third-order valence-electron chi connectivity index (χ3n) is 4.80. The van der Waals surface area contributed by atoms with Crippen molar-refractivity contribution in [1.29, 1.82) is 0 Å². The van der Waals surface area contributed by atoms with E-state index < -0.39 is 0 Å². The van der Waals surface area contributed by atoms with E-state index in [9.17, 15) is 0 Å². The Hall–Kier alpha value is -0.0400. The Morgan fingerprint density at radius 2 is 0.789 bits per heavy atom. The third-order valence-corrected chi connectivity index (χ3v) is 4.80. The van der Waals surface area contributed by atoms with Crippen molar-refractivity contribution in [2.24, 2.45) is 0 Å². The molecule has 0 saturated carbocycles. The predicted octanol–water partition coefficient (Wildman–Crippen LogP) is 6.07. The lowest BCUT2D eigenvalue weighted by Gasteiger charge is -2.45. The number of hydrogen-bond donors (Lipinski definition) is 1. The van der Waals surface area contributed by atoms with Crippen LogP contribution in [-0.4, -0.2) is 11.1 Å². The second-order valence-corrected chi connectivity index (χ2v) is 6.39. The summed E-state index contributed by atoms with van der Waals surface area (Å²) in [5, 5.41) is 4.18. The van der Waals surface area contributed by atoms with Crippen molar-refractivity contribution in [2.45, 2.75) is 117 Å². The Balaban J connectivity index is 5.08. The molecule has 0 aromatic rings. The maximum atomic E-state index is 4.18. The summed E-state index contributed by atoms with van der Waals surface area (Å²) in [5.41, 5.74) is 0.758. The minimum absolute atomic E-state index is 0.379. The van der Waals surface area contributed by atoms with Crippen molar-refractivity contribution < 1.29 is 0 Å². The van der Waals surface area contributed by atoms with E-state index in [-0.39, 0.29) is 0 Å². The van der Waals surface area contributed by atoms with E-state index in [2.05, 4.69) is 46.9 Å². The van der Waals surface area contributed by atoms with E-state index in [1.165, 1.54) is 64.2 Å². The molecule has 0 heterocycles. The van der Waals surface area contributed by atoms with E-state index in [0.29, 0.717) is 11.1 Å². The molecule has 0 aliphatic carbocycles. The van der Waals surface area contributed by atoms with Crippen LogP contribution in [0, 0.1) is 0 Å². The van der Waals surface area contributed by atoms with Crippen molar-refractivity contribution >= 4 is 0 Å². The summed E-state index contributed by atoms with van der Waals surface area (Å²) in [5.74, 6) is 0. The maximum absolute atomic E-state index is 4.18. The third kappa shape index (κ3) is 5.85. The molecule has 0 aromatic heterocycles. The fourth-order valence-electron chi connectivity index (χ4n) is 3.86. The molecule has 0 bridgehead atoms.